The molecule has 0 atom stereocenters. The maximum Gasteiger partial charge on any atom is 1.00 e. The third-order valence-electron chi connectivity index (χ3n) is 7.26. The summed E-state index contributed by atoms with van der Waals surface area (Å²) in [4.78, 5) is 12.2. The molecule has 0 amide bonds. The predicted octanol–water partition coefficient (Wildman–Crippen LogP) is 5.62. The van der Waals surface area contributed by atoms with Crippen LogP contribution in [-0.4, -0.2) is 22.8 Å². The van der Waals surface area contributed by atoms with E-state index in [2.05, 4.69) is 12.0 Å². The number of aromatic nitrogens is 2. The van der Waals surface area contributed by atoms with Crippen molar-refractivity contribution in [3.05, 3.63) is 70.6 Å². The number of aromatic amines is 1. The number of ether oxygens (including phenoxy) is 1. The van der Waals surface area contributed by atoms with Crippen molar-refractivity contribution >= 4 is 10.1 Å². The van der Waals surface area contributed by atoms with Crippen molar-refractivity contribution in [2.45, 2.75) is 115 Å². The molecule has 0 aliphatic heterocycles. The molecule has 0 spiro atoms. The first-order valence-electron chi connectivity index (χ1n) is 15.0. The zero-order valence-electron chi connectivity index (χ0n) is 24.9. The van der Waals surface area contributed by atoms with Crippen LogP contribution in [0.1, 0.15) is 109 Å². The molecule has 3 aromatic rings. The number of rotatable bonds is 20. The van der Waals surface area contributed by atoms with E-state index in [1.165, 1.54) is 100 Å². The maximum atomic E-state index is 12.6. The topological polar surface area (TPSA) is 101 Å². The SMILES string of the molecule is CCCCCCCCCCCCCCCCCc1cc(=O)n(-c2ccc(Oc3ccccc3)c(S(=O)(=O)O)c2)[nH]1.[K+]. The molecule has 0 aliphatic rings. The Kier molecular flexibility index (Phi) is 17.5. The number of para-hydroxylation sites is 1. The third-order valence-corrected chi connectivity index (χ3v) is 8.13. The maximum absolute atomic E-state index is 12.6. The third kappa shape index (κ3) is 13.3. The quantitative estimate of drug-likeness (QED) is 0.0984. The van der Waals surface area contributed by atoms with Crippen molar-refractivity contribution in [3.63, 3.8) is 0 Å². The molecule has 2 N–H and O–H groups in total. The fourth-order valence-corrected chi connectivity index (χ4v) is 5.62. The van der Waals surface area contributed by atoms with Crippen molar-refractivity contribution in [1.29, 1.82) is 0 Å². The number of unbranched alkanes of at least 4 members (excludes halogenated alkanes) is 14. The van der Waals surface area contributed by atoms with Gasteiger partial charge < -0.3 is 4.74 Å². The standard InChI is InChI=1S/C32H46N2O5S.K/c1-2-3-4-5-6-7-8-9-10-11-12-13-14-15-17-20-27-25-32(35)34(33-27)28-23-24-30(31(26-28)40(36,37)38)39-29-21-18-16-19-22-29;/h16,18-19,21-26,33H,2-15,17,20H2,1H3,(H,36,37,38);/q;+1. The Morgan fingerprint density at radius 1 is 0.756 bits per heavy atom. The number of H-pyrrole nitrogens is 1. The smallest absolute Gasteiger partial charge is 0.456 e. The van der Waals surface area contributed by atoms with Crippen molar-refractivity contribution in [2.24, 2.45) is 0 Å². The first-order valence-corrected chi connectivity index (χ1v) is 16.5. The molecular weight excluding hydrogens is 564 g/mol. The van der Waals surface area contributed by atoms with Gasteiger partial charge in [0.2, 0.25) is 0 Å². The number of benzene rings is 2. The first-order chi connectivity index (χ1) is 19.4. The number of aryl methyl sites for hydroxylation is 1. The number of hydrogen-bond donors (Lipinski definition) is 2. The predicted molar refractivity (Wildman–Crippen MR) is 161 cm³/mol. The molecule has 9 heteroatoms. The van der Waals surface area contributed by atoms with Crippen LogP contribution in [0.2, 0.25) is 0 Å². The molecule has 41 heavy (non-hydrogen) atoms. The minimum atomic E-state index is -4.58. The van der Waals surface area contributed by atoms with E-state index in [0.717, 1.165) is 25.0 Å². The molecule has 2 aromatic carbocycles. The number of nitrogens with one attached hydrogen (secondary N) is 1. The van der Waals surface area contributed by atoms with Gasteiger partial charge in [-0.3, -0.25) is 14.4 Å². The minimum Gasteiger partial charge on any atom is -0.456 e. The summed E-state index contributed by atoms with van der Waals surface area (Å²) in [6, 6.07) is 14.5. The Labute approximate surface area is 288 Å². The largest absolute Gasteiger partial charge is 1.00 e. The van der Waals surface area contributed by atoms with Gasteiger partial charge in [-0.15, -0.1) is 0 Å². The number of hydrogen-bond acceptors (Lipinski definition) is 4. The Bertz CT molecular complexity index is 1310. The summed E-state index contributed by atoms with van der Waals surface area (Å²) in [5.74, 6) is 0.415. The summed E-state index contributed by atoms with van der Waals surface area (Å²) in [7, 11) is -4.58. The van der Waals surface area contributed by atoms with Gasteiger partial charge >= 0.3 is 51.4 Å². The molecule has 0 saturated carbocycles. The Morgan fingerprint density at radius 2 is 1.29 bits per heavy atom. The molecular formula is C32H46KN2O5S+. The van der Waals surface area contributed by atoms with E-state index in [-0.39, 0.29) is 62.7 Å². The summed E-state index contributed by atoms with van der Waals surface area (Å²) >= 11 is 0. The summed E-state index contributed by atoms with van der Waals surface area (Å²) in [6.45, 7) is 2.26. The summed E-state index contributed by atoms with van der Waals surface area (Å²) < 4.78 is 40.9. The van der Waals surface area contributed by atoms with Crippen LogP contribution < -0.4 is 61.7 Å². The zero-order chi connectivity index (χ0) is 28.6. The molecule has 1 heterocycles. The van der Waals surface area contributed by atoms with Crippen LogP contribution >= 0.6 is 0 Å². The van der Waals surface area contributed by atoms with Crippen molar-refractivity contribution in [1.82, 2.24) is 9.78 Å². The van der Waals surface area contributed by atoms with Gasteiger partial charge in [0, 0.05) is 11.8 Å². The Hall–Kier alpha value is -1.20. The van der Waals surface area contributed by atoms with Gasteiger partial charge in [0.15, 0.2) is 0 Å². The van der Waals surface area contributed by atoms with Gasteiger partial charge in [0.05, 0.1) is 5.69 Å². The minimum absolute atomic E-state index is 0. The van der Waals surface area contributed by atoms with Crippen LogP contribution in [0.25, 0.3) is 5.69 Å². The van der Waals surface area contributed by atoms with Crippen molar-refractivity contribution in [3.8, 4) is 17.2 Å². The van der Waals surface area contributed by atoms with Gasteiger partial charge in [-0.1, -0.05) is 115 Å². The van der Waals surface area contributed by atoms with E-state index < -0.39 is 15.0 Å². The molecule has 0 bridgehead atoms. The van der Waals surface area contributed by atoms with Crippen molar-refractivity contribution < 1.29 is 69.1 Å². The van der Waals surface area contributed by atoms with Crippen LogP contribution in [0.5, 0.6) is 11.5 Å². The van der Waals surface area contributed by atoms with Gasteiger partial charge in [0.1, 0.15) is 16.4 Å². The normalized spacial score (nSPS) is 11.4. The molecule has 0 unspecified atom stereocenters. The van der Waals surface area contributed by atoms with Crippen LogP contribution in [0, 0.1) is 0 Å². The van der Waals surface area contributed by atoms with Crippen LogP contribution in [-0.2, 0) is 16.5 Å². The van der Waals surface area contributed by atoms with Gasteiger partial charge in [-0.2, -0.15) is 8.42 Å². The summed E-state index contributed by atoms with van der Waals surface area (Å²) in [5.41, 5.74) is 0.826. The average Bonchev–Trinajstić information content (AvgIpc) is 3.31. The zero-order valence-corrected chi connectivity index (χ0v) is 28.9. The molecule has 0 fully saturated rings. The molecule has 220 valence electrons. The molecule has 0 aliphatic carbocycles. The fraction of sp³-hybridized carbons (Fsp3) is 0.531. The second kappa shape index (κ2) is 19.9. The first kappa shape index (κ1) is 36.0. The Morgan fingerprint density at radius 3 is 1.83 bits per heavy atom. The molecule has 1 aromatic heterocycles. The van der Waals surface area contributed by atoms with E-state index >= 15 is 0 Å². The van der Waals surface area contributed by atoms with Gasteiger partial charge in [0.25, 0.3) is 15.7 Å². The van der Waals surface area contributed by atoms with Crippen LogP contribution in [0.15, 0.2) is 64.3 Å². The van der Waals surface area contributed by atoms with Crippen LogP contribution in [0.3, 0.4) is 0 Å². The van der Waals surface area contributed by atoms with Gasteiger partial charge in [-0.05, 0) is 43.2 Å². The molecule has 7 nitrogen and oxygen atoms in total. The average molecular weight is 610 g/mol. The molecule has 0 saturated heterocycles. The fourth-order valence-electron chi connectivity index (χ4n) is 4.99. The molecule has 0 radical (unpaired) electrons. The van der Waals surface area contributed by atoms with Crippen LogP contribution in [0.4, 0.5) is 0 Å². The second-order valence-corrected chi connectivity index (χ2v) is 12.1. The van der Waals surface area contributed by atoms with E-state index in [0.29, 0.717) is 11.4 Å². The molecule has 3 rings (SSSR count). The van der Waals surface area contributed by atoms with E-state index in [1.54, 1.807) is 36.4 Å². The summed E-state index contributed by atoms with van der Waals surface area (Å²) in [6.07, 6.45) is 20.3. The monoisotopic (exact) mass is 609 g/mol. The van der Waals surface area contributed by atoms with E-state index in [1.807, 2.05) is 6.07 Å². The Balaban J connectivity index is 0.00000588. The second-order valence-electron chi connectivity index (χ2n) is 10.7. The summed E-state index contributed by atoms with van der Waals surface area (Å²) in [5, 5.41) is 3.08. The van der Waals surface area contributed by atoms with E-state index in [4.69, 9.17) is 4.74 Å². The number of nitrogens with zero attached hydrogens (tertiary/aromatic N) is 1. The van der Waals surface area contributed by atoms with Gasteiger partial charge in [-0.25, -0.2) is 4.68 Å². The van der Waals surface area contributed by atoms with E-state index in [9.17, 15) is 17.8 Å². The van der Waals surface area contributed by atoms with Crippen molar-refractivity contribution in [2.75, 3.05) is 0 Å².